The summed E-state index contributed by atoms with van der Waals surface area (Å²) in [6, 6.07) is 13.4. The fraction of sp³-hybridized carbons (Fsp3) is 0.333. The molecule has 1 amide bonds. The van der Waals surface area contributed by atoms with Gasteiger partial charge in [-0.15, -0.1) is 33.3 Å². The van der Waals surface area contributed by atoms with Crippen LogP contribution in [0.5, 0.6) is 0 Å². The van der Waals surface area contributed by atoms with Gasteiger partial charge in [-0.1, -0.05) is 37.1 Å². The van der Waals surface area contributed by atoms with Crippen molar-refractivity contribution in [2.45, 2.75) is 62.9 Å². The van der Waals surface area contributed by atoms with Gasteiger partial charge in [-0.2, -0.15) is 18.4 Å². The number of benzene rings is 2. The van der Waals surface area contributed by atoms with Gasteiger partial charge in [0.15, 0.2) is 5.82 Å². The lowest BCUT2D eigenvalue weighted by Gasteiger charge is -2.18. The fourth-order valence-electron chi connectivity index (χ4n) is 4.24. The Kier molecular flexibility index (Phi) is 8.88. The van der Waals surface area contributed by atoms with Crippen molar-refractivity contribution in [3.63, 3.8) is 0 Å². The second kappa shape index (κ2) is 12.1. The minimum atomic E-state index is -4.35. The van der Waals surface area contributed by atoms with E-state index < -0.39 is 11.7 Å². The first kappa shape index (κ1) is 27.8. The SMILES string of the molecule is CCCC[C@H](Sc1cc(C)c(-c2ccc(C(F)(F)F)cc2)c(C)c1)c1ccc(C(=O)NCc2nn[nH]n2)s1. The molecule has 2 aromatic heterocycles. The van der Waals surface area contributed by atoms with Crippen LogP contribution in [0.2, 0.25) is 0 Å². The van der Waals surface area contributed by atoms with Crippen LogP contribution >= 0.6 is 23.1 Å². The van der Waals surface area contributed by atoms with Crippen molar-refractivity contribution in [3.8, 4) is 11.1 Å². The monoisotopic (exact) mass is 559 g/mol. The number of rotatable bonds is 10. The molecule has 2 N–H and O–H groups in total. The van der Waals surface area contributed by atoms with Crippen molar-refractivity contribution in [2.24, 2.45) is 0 Å². The van der Waals surface area contributed by atoms with E-state index in [1.54, 1.807) is 11.8 Å². The molecule has 200 valence electrons. The molecule has 0 aliphatic heterocycles. The Hall–Kier alpha value is -3.18. The highest BCUT2D eigenvalue weighted by Crippen LogP contribution is 2.43. The van der Waals surface area contributed by atoms with Crippen LogP contribution in [-0.2, 0) is 12.7 Å². The molecule has 0 saturated carbocycles. The molecule has 0 spiro atoms. The van der Waals surface area contributed by atoms with Crippen LogP contribution in [0.3, 0.4) is 0 Å². The van der Waals surface area contributed by atoms with Gasteiger partial charge < -0.3 is 5.32 Å². The van der Waals surface area contributed by atoms with E-state index in [2.05, 4.69) is 45.0 Å². The van der Waals surface area contributed by atoms with Crippen LogP contribution in [0.1, 0.15) is 68.5 Å². The van der Waals surface area contributed by atoms with Crippen molar-refractivity contribution < 1.29 is 18.0 Å². The van der Waals surface area contributed by atoms with Gasteiger partial charge in [-0.3, -0.25) is 4.79 Å². The fourth-order valence-corrected chi connectivity index (χ4v) is 6.76. The maximum Gasteiger partial charge on any atom is 0.416 e. The van der Waals surface area contributed by atoms with E-state index in [1.165, 1.54) is 23.5 Å². The highest BCUT2D eigenvalue weighted by Gasteiger charge is 2.30. The third-order valence-electron chi connectivity index (χ3n) is 6.07. The van der Waals surface area contributed by atoms with Crippen LogP contribution < -0.4 is 5.32 Å². The summed E-state index contributed by atoms with van der Waals surface area (Å²) >= 11 is 3.23. The average molecular weight is 560 g/mol. The molecule has 1 atom stereocenters. The van der Waals surface area contributed by atoms with Gasteiger partial charge in [0.05, 0.1) is 17.0 Å². The van der Waals surface area contributed by atoms with E-state index in [9.17, 15) is 18.0 Å². The molecule has 0 radical (unpaired) electrons. The molecule has 0 saturated heterocycles. The number of thiophene rings is 1. The molecule has 4 aromatic rings. The second-order valence-electron chi connectivity index (χ2n) is 8.97. The molecule has 11 heteroatoms. The van der Waals surface area contributed by atoms with Crippen molar-refractivity contribution in [2.75, 3.05) is 0 Å². The minimum absolute atomic E-state index is 0.175. The van der Waals surface area contributed by atoms with E-state index >= 15 is 0 Å². The number of carbonyl (C=O) groups excluding carboxylic acids is 1. The number of halogens is 3. The third-order valence-corrected chi connectivity index (χ3v) is 8.70. The number of nitrogens with zero attached hydrogens (tertiary/aromatic N) is 3. The summed E-state index contributed by atoms with van der Waals surface area (Å²) in [4.78, 5) is 15.5. The van der Waals surface area contributed by atoms with E-state index in [-0.39, 0.29) is 17.7 Å². The molecule has 6 nitrogen and oxygen atoms in total. The molecule has 0 fully saturated rings. The standard InChI is InChI=1S/C27H28F3N5OS2/c1-4-5-6-21(22-11-12-23(38-22)26(36)31-15-24-32-34-35-33-24)37-20-13-16(2)25(17(3)14-20)18-7-9-19(10-8-18)27(28,29)30/h7-14,21H,4-6,15H2,1-3H3,(H,31,36)(H,32,33,34,35)/t21-/m0/s1. The number of aryl methyl sites for hydroxylation is 2. The minimum Gasteiger partial charge on any atom is -0.344 e. The molecule has 4 rings (SSSR count). The summed E-state index contributed by atoms with van der Waals surface area (Å²) in [6.07, 6.45) is -1.28. The summed E-state index contributed by atoms with van der Waals surface area (Å²) in [7, 11) is 0. The van der Waals surface area contributed by atoms with Gasteiger partial charge in [-0.05, 0) is 78.9 Å². The number of nitrogens with one attached hydrogen (secondary N) is 2. The number of unbranched alkanes of at least 4 members (excludes halogenated alkanes) is 1. The topological polar surface area (TPSA) is 83.6 Å². The summed E-state index contributed by atoms with van der Waals surface area (Å²) in [5, 5.41) is 16.5. The van der Waals surface area contributed by atoms with E-state index in [4.69, 9.17) is 0 Å². The van der Waals surface area contributed by atoms with Crippen LogP contribution in [0.25, 0.3) is 11.1 Å². The summed E-state index contributed by atoms with van der Waals surface area (Å²) < 4.78 is 39.0. The lowest BCUT2D eigenvalue weighted by molar-refractivity contribution is -0.137. The van der Waals surface area contributed by atoms with Gasteiger partial charge in [0, 0.05) is 15.0 Å². The Morgan fingerprint density at radius 3 is 2.42 bits per heavy atom. The maximum atomic E-state index is 13.0. The van der Waals surface area contributed by atoms with Crippen molar-refractivity contribution in [1.82, 2.24) is 25.9 Å². The summed E-state index contributed by atoms with van der Waals surface area (Å²) in [5.41, 5.74) is 3.08. The number of tetrazole rings is 1. The number of hydrogen-bond acceptors (Lipinski definition) is 6. The first-order valence-corrected chi connectivity index (χ1v) is 13.9. The Bertz CT molecular complexity index is 1350. The van der Waals surface area contributed by atoms with Crippen LogP contribution in [-0.4, -0.2) is 26.5 Å². The smallest absolute Gasteiger partial charge is 0.344 e. The maximum absolute atomic E-state index is 13.0. The van der Waals surface area contributed by atoms with Crippen LogP contribution in [0.4, 0.5) is 13.2 Å². The Labute approximate surface area is 227 Å². The first-order chi connectivity index (χ1) is 18.2. The number of aromatic nitrogens is 4. The predicted octanol–water partition coefficient (Wildman–Crippen LogP) is 7.52. The highest BCUT2D eigenvalue weighted by molar-refractivity contribution is 7.99. The number of amides is 1. The molecule has 0 aliphatic rings. The highest BCUT2D eigenvalue weighted by atomic mass is 32.2. The molecule has 38 heavy (non-hydrogen) atoms. The van der Waals surface area contributed by atoms with Gasteiger partial charge in [0.1, 0.15) is 0 Å². The number of thioether (sulfide) groups is 1. The summed E-state index contributed by atoms with van der Waals surface area (Å²) in [6.45, 7) is 6.32. The number of carbonyl (C=O) groups is 1. The van der Waals surface area contributed by atoms with Gasteiger partial charge in [0.2, 0.25) is 0 Å². The predicted molar refractivity (Wildman–Crippen MR) is 144 cm³/mol. The average Bonchev–Trinajstić information content (AvgIpc) is 3.57. The lowest BCUT2D eigenvalue weighted by atomic mass is 9.95. The number of H-pyrrole nitrogens is 1. The Morgan fingerprint density at radius 1 is 1.11 bits per heavy atom. The largest absolute Gasteiger partial charge is 0.416 e. The molecule has 2 aromatic carbocycles. The third kappa shape index (κ3) is 6.82. The zero-order valence-electron chi connectivity index (χ0n) is 21.2. The van der Waals surface area contributed by atoms with Crippen molar-refractivity contribution >= 4 is 29.0 Å². The van der Waals surface area contributed by atoms with Gasteiger partial charge in [-0.25, -0.2) is 0 Å². The van der Waals surface area contributed by atoms with Crippen molar-refractivity contribution in [3.05, 3.63) is 80.8 Å². The molecule has 0 unspecified atom stereocenters. The normalized spacial score (nSPS) is 12.5. The molecular weight excluding hydrogens is 531 g/mol. The quantitative estimate of drug-likeness (QED) is 0.196. The summed E-state index contributed by atoms with van der Waals surface area (Å²) in [5.74, 6) is 0.231. The van der Waals surface area contributed by atoms with Gasteiger partial charge >= 0.3 is 6.18 Å². The zero-order valence-corrected chi connectivity index (χ0v) is 22.9. The van der Waals surface area contributed by atoms with E-state index in [0.717, 1.165) is 63.4 Å². The van der Waals surface area contributed by atoms with E-state index in [1.807, 2.05) is 26.0 Å². The van der Waals surface area contributed by atoms with Gasteiger partial charge in [0.25, 0.3) is 5.91 Å². The number of alkyl halides is 3. The molecular formula is C27H28F3N5OS2. The second-order valence-corrected chi connectivity index (χ2v) is 11.4. The zero-order chi connectivity index (χ0) is 27.3. The van der Waals surface area contributed by atoms with Crippen molar-refractivity contribution in [1.29, 1.82) is 0 Å². The molecule has 2 heterocycles. The van der Waals surface area contributed by atoms with Crippen LogP contribution in [0, 0.1) is 13.8 Å². The number of hydrogen-bond donors (Lipinski definition) is 2. The number of aromatic amines is 1. The Balaban J connectivity index is 1.51. The molecule has 0 bridgehead atoms. The van der Waals surface area contributed by atoms with Crippen LogP contribution in [0.15, 0.2) is 53.4 Å². The molecule has 0 aliphatic carbocycles. The Morgan fingerprint density at radius 2 is 1.82 bits per heavy atom. The lowest BCUT2D eigenvalue weighted by Crippen LogP contribution is -2.22. The first-order valence-electron chi connectivity index (χ1n) is 12.2. The van der Waals surface area contributed by atoms with E-state index in [0.29, 0.717) is 10.7 Å².